The van der Waals surface area contributed by atoms with Crippen LogP contribution in [-0.4, -0.2) is 16.3 Å². The van der Waals surface area contributed by atoms with Crippen molar-refractivity contribution in [2.45, 2.75) is 19.4 Å². The molecule has 0 spiro atoms. The highest BCUT2D eigenvalue weighted by molar-refractivity contribution is 6.31. The second-order valence-electron chi connectivity index (χ2n) is 4.32. The van der Waals surface area contributed by atoms with Crippen LogP contribution in [0, 0.1) is 0 Å². The fourth-order valence-corrected chi connectivity index (χ4v) is 2.34. The lowest BCUT2D eigenvalue weighted by atomic mass is 10.0. The molecule has 3 nitrogen and oxygen atoms in total. The molecule has 0 saturated heterocycles. The van der Waals surface area contributed by atoms with Crippen molar-refractivity contribution in [1.82, 2.24) is 15.1 Å². The molecule has 1 aromatic heterocycles. The van der Waals surface area contributed by atoms with Gasteiger partial charge in [-0.25, -0.2) is 0 Å². The van der Waals surface area contributed by atoms with Gasteiger partial charge in [-0.15, -0.1) is 0 Å². The summed E-state index contributed by atoms with van der Waals surface area (Å²) in [4.78, 5) is 0. The monoisotopic (exact) mass is 263 g/mol. The molecule has 0 aliphatic heterocycles. The van der Waals surface area contributed by atoms with E-state index in [9.17, 15) is 0 Å². The van der Waals surface area contributed by atoms with E-state index in [-0.39, 0.29) is 6.04 Å². The Bertz CT molecular complexity index is 507. The average molecular weight is 264 g/mol. The predicted molar refractivity (Wildman–Crippen MR) is 74.8 cm³/mol. The molecule has 0 bridgehead atoms. The number of aryl methyl sites for hydroxylation is 1. The summed E-state index contributed by atoms with van der Waals surface area (Å²) < 4.78 is 1.82. The quantitative estimate of drug-likeness (QED) is 0.899. The number of halogens is 1. The zero-order chi connectivity index (χ0) is 13.0. The van der Waals surface area contributed by atoms with Crippen molar-refractivity contribution in [3.63, 3.8) is 0 Å². The lowest BCUT2D eigenvalue weighted by Crippen LogP contribution is -2.23. The lowest BCUT2D eigenvalue weighted by molar-refractivity contribution is 0.540. The topological polar surface area (TPSA) is 29.9 Å². The Morgan fingerprint density at radius 1 is 1.33 bits per heavy atom. The Kier molecular flexibility index (Phi) is 4.39. The Morgan fingerprint density at radius 2 is 2.11 bits per heavy atom. The molecule has 4 heteroatoms. The van der Waals surface area contributed by atoms with E-state index in [1.54, 1.807) is 0 Å². The number of hydrogen-bond acceptors (Lipinski definition) is 2. The van der Waals surface area contributed by atoms with E-state index < -0.39 is 0 Å². The number of nitrogens with zero attached hydrogens (tertiary/aromatic N) is 2. The minimum atomic E-state index is 0.207. The summed E-state index contributed by atoms with van der Waals surface area (Å²) in [6.45, 7) is 3.00. The molecule has 2 aromatic rings. The molecule has 1 heterocycles. The molecule has 0 aliphatic rings. The Morgan fingerprint density at radius 3 is 2.72 bits per heavy atom. The van der Waals surface area contributed by atoms with Gasteiger partial charge >= 0.3 is 0 Å². The van der Waals surface area contributed by atoms with Crippen molar-refractivity contribution in [2.24, 2.45) is 7.05 Å². The van der Waals surface area contributed by atoms with Gasteiger partial charge in [-0.1, -0.05) is 36.7 Å². The van der Waals surface area contributed by atoms with Crippen LogP contribution >= 0.6 is 11.6 Å². The largest absolute Gasteiger partial charge is 0.310 e. The molecule has 1 unspecified atom stereocenters. The van der Waals surface area contributed by atoms with E-state index in [0.717, 1.165) is 29.2 Å². The van der Waals surface area contributed by atoms with Crippen LogP contribution in [0.1, 0.15) is 24.2 Å². The first-order valence-electron chi connectivity index (χ1n) is 6.17. The van der Waals surface area contributed by atoms with Gasteiger partial charge in [0.05, 0.1) is 5.69 Å². The molecule has 0 saturated carbocycles. The zero-order valence-electron chi connectivity index (χ0n) is 10.7. The van der Waals surface area contributed by atoms with Gasteiger partial charge in [-0.05, 0) is 24.2 Å². The molecule has 1 N–H and O–H groups in total. The van der Waals surface area contributed by atoms with Gasteiger partial charge in [0.15, 0.2) is 0 Å². The summed E-state index contributed by atoms with van der Waals surface area (Å²) in [6.07, 6.45) is 2.81. The summed E-state index contributed by atoms with van der Waals surface area (Å²) in [5, 5.41) is 8.69. The number of likely N-dealkylation sites (N-methyl/N-ethyl adjacent to an activating group) is 1. The normalized spacial score (nSPS) is 12.6. The van der Waals surface area contributed by atoms with Gasteiger partial charge in [-0.3, -0.25) is 4.68 Å². The van der Waals surface area contributed by atoms with Crippen molar-refractivity contribution in [2.75, 3.05) is 6.54 Å². The molecule has 2 rings (SSSR count). The second kappa shape index (κ2) is 6.03. The van der Waals surface area contributed by atoms with E-state index in [2.05, 4.69) is 23.4 Å². The molecular formula is C14H18ClN3. The summed E-state index contributed by atoms with van der Waals surface area (Å²) in [5.41, 5.74) is 2.20. The van der Waals surface area contributed by atoms with Crippen LogP contribution in [0.25, 0.3) is 0 Å². The first-order valence-corrected chi connectivity index (χ1v) is 6.55. The molecule has 0 fully saturated rings. The van der Waals surface area contributed by atoms with Crippen LogP contribution in [0.2, 0.25) is 5.02 Å². The van der Waals surface area contributed by atoms with Crippen LogP contribution in [0.5, 0.6) is 0 Å². The van der Waals surface area contributed by atoms with Crippen molar-refractivity contribution >= 4 is 11.6 Å². The maximum atomic E-state index is 6.26. The number of benzene rings is 1. The van der Waals surface area contributed by atoms with Crippen LogP contribution in [0.15, 0.2) is 36.5 Å². The number of nitrogens with one attached hydrogen (secondary N) is 1. The number of hydrogen-bond donors (Lipinski definition) is 1. The Balaban J connectivity index is 2.20. The molecule has 0 amide bonds. The lowest BCUT2D eigenvalue weighted by Gasteiger charge is -2.18. The van der Waals surface area contributed by atoms with E-state index in [0.29, 0.717) is 0 Å². The maximum Gasteiger partial charge on any atom is 0.0643 e. The SMILES string of the molecule is CCNC(Cc1ccn(C)n1)c1ccccc1Cl. The van der Waals surface area contributed by atoms with Crippen molar-refractivity contribution in [3.8, 4) is 0 Å². The molecule has 0 radical (unpaired) electrons. The standard InChI is InChI=1S/C14H18ClN3/c1-3-16-14(10-11-8-9-18(2)17-11)12-6-4-5-7-13(12)15/h4-9,14,16H,3,10H2,1-2H3. The summed E-state index contributed by atoms with van der Waals surface area (Å²) in [5.74, 6) is 0. The Hall–Kier alpha value is -1.32. The third kappa shape index (κ3) is 3.12. The fraction of sp³-hybridized carbons (Fsp3) is 0.357. The predicted octanol–water partition coefficient (Wildman–Crippen LogP) is 2.97. The molecule has 18 heavy (non-hydrogen) atoms. The van der Waals surface area contributed by atoms with Crippen LogP contribution < -0.4 is 5.32 Å². The van der Waals surface area contributed by atoms with Gasteiger partial charge in [-0.2, -0.15) is 5.10 Å². The zero-order valence-corrected chi connectivity index (χ0v) is 11.5. The summed E-state index contributed by atoms with van der Waals surface area (Å²) >= 11 is 6.26. The fourth-order valence-electron chi connectivity index (χ4n) is 2.08. The minimum Gasteiger partial charge on any atom is -0.310 e. The van der Waals surface area contributed by atoms with E-state index in [4.69, 9.17) is 11.6 Å². The summed E-state index contributed by atoms with van der Waals surface area (Å²) in [7, 11) is 1.93. The number of aromatic nitrogens is 2. The molecular weight excluding hydrogens is 246 g/mol. The van der Waals surface area contributed by atoms with Gasteiger partial charge in [0.25, 0.3) is 0 Å². The van der Waals surface area contributed by atoms with Crippen LogP contribution in [0.3, 0.4) is 0 Å². The number of rotatable bonds is 5. The third-order valence-electron chi connectivity index (χ3n) is 2.91. The highest BCUT2D eigenvalue weighted by atomic mass is 35.5. The molecule has 1 atom stereocenters. The van der Waals surface area contributed by atoms with Crippen molar-refractivity contribution < 1.29 is 0 Å². The highest BCUT2D eigenvalue weighted by Crippen LogP contribution is 2.25. The Labute approximate surface area is 113 Å². The van der Waals surface area contributed by atoms with E-state index >= 15 is 0 Å². The summed E-state index contributed by atoms with van der Waals surface area (Å²) in [6, 6.07) is 10.2. The third-order valence-corrected chi connectivity index (χ3v) is 3.26. The van der Waals surface area contributed by atoms with Gasteiger partial charge in [0.1, 0.15) is 0 Å². The molecule has 0 aliphatic carbocycles. The van der Waals surface area contributed by atoms with E-state index in [1.165, 1.54) is 0 Å². The average Bonchev–Trinajstić information content (AvgIpc) is 2.75. The minimum absolute atomic E-state index is 0.207. The molecule has 96 valence electrons. The first-order chi connectivity index (χ1) is 8.70. The maximum absolute atomic E-state index is 6.26. The van der Waals surface area contributed by atoms with Gasteiger partial charge in [0.2, 0.25) is 0 Å². The molecule has 1 aromatic carbocycles. The first kappa shape index (κ1) is 13.1. The van der Waals surface area contributed by atoms with Crippen molar-refractivity contribution in [3.05, 3.63) is 52.8 Å². The second-order valence-corrected chi connectivity index (χ2v) is 4.72. The highest BCUT2D eigenvalue weighted by Gasteiger charge is 2.15. The van der Waals surface area contributed by atoms with Crippen molar-refractivity contribution in [1.29, 1.82) is 0 Å². The van der Waals surface area contributed by atoms with Crippen LogP contribution in [-0.2, 0) is 13.5 Å². The smallest absolute Gasteiger partial charge is 0.0643 e. The van der Waals surface area contributed by atoms with Gasteiger partial charge in [0, 0.05) is 30.7 Å². The van der Waals surface area contributed by atoms with Crippen LogP contribution in [0.4, 0.5) is 0 Å². The van der Waals surface area contributed by atoms with E-state index in [1.807, 2.05) is 42.2 Å². The van der Waals surface area contributed by atoms with Gasteiger partial charge < -0.3 is 5.32 Å².